The van der Waals surface area contributed by atoms with E-state index < -0.39 is 17.5 Å². The third-order valence-corrected chi connectivity index (χ3v) is 7.31. The highest BCUT2D eigenvalue weighted by molar-refractivity contribution is 6.01. The van der Waals surface area contributed by atoms with E-state index in [9.17, 15) is 9.18 Å². The zero-order chi connectivity index (χ0) is 31.1. The van der Waals surface area contributed by atoms with Crippen molar-refractivity contribution in [2.75, 3.05) is 13.7 Å². The number of benzene rings is 4. The number of aromatic nitrogens is 1. The van der Waals surface area contributed by atoms with Crippen molar-refractivity contribution < 1.29 is 28.1 Å². The van der Waals surface area contributed by atoms with Crippen LogP contribution in [0, 0.1) is 5.82 Å². The fraction of sp³-hybridized carbons (Fsp3) is 0.243. The average Bonchev–Trinajstić information content (AvgIpc) is 3.04. The van der Waals surface area contributed by atoms with Gasteiger partial charge in [-0.15, -0.1) is 0 Å². The van der Waals surface area contributed by atoms with Crippen molar-refractivity contribution in [1.82, 2.24) is 4.98 Å². The number of halogens is 1. The van der Waals surface area contributed by atoms with Crippen molar-refractivity contribution in [3.8, 4) is 22.8 Å². The molecule has 0 saturated carbocycles. The van der Waals surface area contributed by atoms with E-state index in [0.717, 1.165) is 27.6 Å². The van der Waals surface area contributed by atoms with Gasteiger partial charge in [0.05, 0.1) is 12.3 Å². The van der Waals surface area contributed by atoms with E-state index in [4.69, 9.17) is 23.9 Å². The lowest BCUT2D eigenvalue weighted by Gasteiger charge is -2.28. The Balaban J connectivity index is 1.58. The van der Waals surface area contributed by atoms with Crippen LogP contribution in [0.25, 0.3) is 21.9 Å². The third-order valence-electron chi connectivity index (χ3n) is 7.31. The van der Waals surface area contributed by atoms with Gasteiger partial charge >= 0.3 is 5.97 Å². The number of nitrogens with zero attached hydrogens (tertiary/aromatic N) is 1. The SMILES string of the molecule is COCC(C)(C)c1nc(OC(C)C(=O)OCc2ccccc2)c2cc(OCc3ccccc3)ccc2c1-c1ccc(F)cc1. The lowest BCUT2D eigenvalue weighted by atomic mass is 9.83. The van der Waals surface area contributed by atoms with Crippen LogP contribution in [0.15, 0.2) is 103 Å². The molecule has 1 heterocycles. The highest BCUT2D eigenvalue weighted by atomic mass is 19.1. The number of fused-ring (bicyclic) bond motifs is 1. The molecular weight excluding hydrogens is 557 g/mol. The van der Waals surface area contributed by atoms with Crippen LogP contribution in [0.4, 0.5) is 4.39 Å². The molecule has 0 fully saturated rings. The molecule has 1 aromatic heterocycles. The fourth-order valence-corrected chi connectivity index (χ4v) is 5.07. The average molecular weight is 594 g/mol. The van der Waals surface area contributed by atoms with Crippen molar-refractivity contribution in [2.45, 2.75) is 45.5 Å². The zero-order valence-electron chi connectivity index (χ0n) is 25.4. The molecule has 226 valence electrons. The van der Waals surface area contributed by atoms with Crippen LogP contribution in [-0.2, 0) is 32.9 Å². The van der Waals surface area contributed by atoms with E-state index in [1.54, 1.807) is 26.2 Å². The standard InChI is InChI=1S/C37H36FNO5/c1-25(36(40)43-23-27-13-9-6-10-14-27)44-35-32-21-30(42-22-26-11-7-5-8-12-26)19-20-31(32)33(28-15-17-29(38)18-16-28)34(39-35)37(2,3)24-41-4/h5-21,25H,22-24H2,1-4H3. The predicted octanol–water partition coefficient (Wildman–Crippen LogP) is 8.05. The van der Waals surface area contributed by atoms with E-state index in [0.29, 0.717) is 30.0 Å². The number of carbonyl (C=O) groups excluding carboxylic acids is 1. The van der Waals surface area contributed by atoms with Crippen LogP contribution in [0.2, 0.25) is 0 Å². The molecule has 0 bridgehead atoms. The van der Waals surface area contributed by atoms with Crippen LogP contribution < -0.4 is 9.47 Å². The van der Waals surface area contributed by atoms with E-state index in [-0.39, 0.29) is 18.3 Å². The molecule has 44 heavy (non-hydrogen) atoms. The Morgan fingerprint density at radius 2 is 1.48 bits per heavy atom. The summed E-state index contributed by atoms with van der Waals surface area (Å²) in [7, 11) is 1.64. The molecule has 4 aromatic carbocycles. The molecule has 0 amide bonds. The molecule has 0 aliphatic rings. The minimum atomic E-state index is -0.946. The number of carbonyl (C=O) groups is 1. The molecule has 7 heteroatoms. The molecular formula is C37H36FNO5. The monoisotopic (exact) mass is 593 g/mol. The highest BCUT2D eigenvalue weighted by Crippen LogP contribution is 2.42. The molecule has 5 rings (SSSR count). The van der Waals surface area contributed by atoms with Gasteiger partial charge in [-0.2, -0.15) is 0 Å². The Morgan fingerprint density at radius 3 is 2.11 bits per heavy atom. The van der Waals surface area contributed by atoms with Gasteiger partial charge in [-0.3, -0.25) is 0 Å². The summed E-state index contributed by atoms with van der Waals surface area (Å²) >= 11 is 0. The number of hydrogen-bond acceptors (Lipinski definition) is 6. The van der Waals surface area contributed by atoms with E-state index in [2.05, 4.69) is 0 Å². The second kappa shape index (κ2) is 13.7. The Labute approximate surface area is 257 Å². The van der Waals surface area contributed by atoms with Crippen molar-refractivity contribution >= 4 is 16.7 Å². The van der Waals surface area contributed by atoms with Crippen molar-refractivity contribution in [3.05, 3.63) is 126 Å². The van der Waals surface area contributed by atoms with Gasteiger partial charge in [-0.05, 0) is 59.3 Å². The highest BCUT2D eigenvalue weighted by Gasteiger charge is 2.30. The summed E-state index contributed by atoms with van der Waals surface area (Å²) in [6, 6.07) is 31.4. The van der Waals surface area contributed by atoms with Crippen LogP contribution >= 0.6 is 0 Å². The molecule has 1 unspecified atom stereocenters. The predicted molar refractivity (Wildman–Crippen MR) is 169 cm³/mol. The third kappa shape index (κ3) is 7.24. The van der Waals surface area contributed by atoms with Crippen molar-refractivity contribution in [3.63, 3.8) is 0 Å². The van der Waals surface area contributed by atoms with Crippen LogP contribution in [0.5, 0.6) is 11.6 Å². The lowest BCUT2D eigenvalue weighted by molar-refractivity contribution is -0.152. The molecule has 1 atom stereocenters. The summed E-state index contributed by atoms with van der Waals surface area (Å²) < 4.78 is 37.5. The van der Waals surface area contributed by atoms with Crippen LogP contribution in [-0.4, -0.2) is 30.8 Å². The van der Waals surface area contributed by atoms with Gasteiger partial charge in [0.15, 0.2) is 6.10 Å². The number of esters is 1. The minimum absolute atomic E-state index is 0.134. The fourth-order valence-electron chi connectivity index (χ4n) is 5.07. The topological polar surface area (TPSA) is 66.9 Å². The maximum absolute atomic E-state index is 14.0. The number of hydrogen-bond donors (Lipinski definition) is 0. The van der Waals surface area contributed by atoms with Gasteiger partial charge in [-0.1, -0.05) is 86.6 Å². The van der Waals surface area contributed by atoms with Crippen LogP contribution in [0.3, 0.4) is 0 Å². The first-order valence-electron chi connectivity index (χ1n) is 14.5. The summed E-state index contributed by atoms with van der Waals surface area (Å²) in [5.41, 5.74) is 3.65. The first-order chi connectivity index (χ1) is 21.2. The lowest BCUT2D eigenvalue weighted by Crippen LogP contribution is -2.29. The second-order valence-corrected chi connectivity index (χ2v) is 11.3. The number of ether oxygens (including phenoxy) is 4. The molecule has 0 N–H and O–H groups in total. The van der Waals surface area contributed by atoms with Gasteiger partial charge in [0.25, 0.3) is 0 Å². The second-order valence-electron chi connectivity index (χ2n) is 11.3. The quantitative estimate of drug-likeness (QED) is 0.136. The normalized spacial score (nSPS) is 12.1. The Kier molecular flexibility index (Phi) is 9.56. The van der Waals surface area contributed by atoms with Gasteiger partial charge in [0, 0.05) is 23.5 Å². The molecule has 0 aliphatic carbocycles. The zero-order valence-corrected chi connectivity index (χ0v) is 25.4. The van der Waals surface area contributed by atoms with E-state index >= 15 is 0 Å². The number of methoxy groups -OCH3 is 1. The van der Waals surface area contributed by atoms with Gasteiger partial charge < -0.3 is 18.9 Å². The minimum Gasteiger partial charge on any atom is -0.489 e. The van der Waals surface area contributed by atoms with Gasteiger partial charge in [0.2, 0.25) is 5.88 Å². The van der Waals surface area contributed by atoms with Crippen LogP contribution in [0.1, 0.15) is 37.6 Å². The summed E-state index contributed by atoms with van der Waals surface area (Å²) in [5, 5.41) is 1.47. The largest absolute Gasteiger partial charge is 0.489 e. The van der Waals surface area contributed by atoms with Crippen molar-refractivity contribution in [2.24, 2.45) is 0 Å². The first-order valence-corrected chi connectivity index (χ1v) is 14.5. The maximum Gasteiger partial charge on any atom is 0.347 e. The molecule has 5 aromatic rings. The summed E-state index contributed by atoms with van der Waals surface area (Å²) in [6.45, 7) is 6.57. The molecule has 0 radical (unpaired) electrons. The first kappa shape index (κ1) is 30.7. The maximum atomic E-state index is 14.0. The Bertz CT molecular complexity index is 1710. The smallest absolute Gasteiger partial charge is 0.347 e. The van der Waals surface area contributed by atoms with E-state index in [1.807, 2.05) is 92.7 Å². The van der Waals surface area contributed by atoms with E-state index in [1.165, 1.54) is 12.1 Å². The molecule has 0 saturated heterocycles. The number of pyridine rings is 1. The van der Waals surface area contributed by atoms with Crippen molar-refractivity contribution in [1.29, 1.82) is 0 Å². The summed E-state index contributed by atoms with van der Waals surface area (Å²) in [4.78, 5) is 18.1. The Morgan fingerprint density at radius 1 is 0.841 bits per heavy atom. The summed E-state index contributed by atoms with van der Waals surface area (Å²) in [5.74, 6) is 0.0318. The molecule has 0 aliphatic heterocycles. The summed E-state index contributed by atoms with van der Waals surface area (Å²) in [6.07, 6.45) is -0.946. The van der Waals surface area contributed by atoms with Gasteiger partial charge in [0.1, 0.15) is 24.8 Å². The van der Waals surface area contributed by atoms with Gasteiger partial charge in [-0.25, -0.2) is 14.2 Å². The molecule has 0 spiro atoms. The molecule has 6 nitrogen and oxygen atoms in total. The Hall–Kier alpha value is -4.75. The number of rotatable bonds is 12.